The van der Waals surface area contributed by atoms with Gasteiger partial charge in [0.25, 0.3) is 0 Å². The van der Waals surface area contributed by atoms with E-state index in [4.69, 9.17) is 18.9 Å². The lowest BCUT2D eigenvalue weighted by molar-refractivity contribution is 0.391. The molecule has 0 aliphatic carbocycles. The molecular formula is C18H22O6S. The van der Waals surface area contributed by atoms with E-state index < -0.39 is 9.84 Å². The second-order valence-electron chi connectivity index (χ2n) is 5.39. The molecule has 0 unspecified atom stereocenters. The lowest BCUT2D eigenvalue weighted by atomic mass is 10.2. The van der Waals surface area contributed by atoms with Gasteiger partial charge in [0.1, 0.15) is 23.0 Å². The molecule has 7 heteroatoms. The van der Waals surface area contributed by atoms with E-state index in [2.05, 4.69) is 0 Å². The van der Waals surface area contributed by atoms with Crippen molar-refractivity contribution < 1.29 is 27.4 Å². The smallest absolute Gasteiger partial charge is 0.158 e. The molecule has 0 amide bonds. The van der Waals surface area contributed by atoms with Crippen LogP contribution in [-0.4, -0.2) is 36.9 Å². The van der Waals surface area contributed by atoms with Crippen molar-refractivity contribution in [1.82, 2.24) is 0 Å². The SMILES string of the molecule is COc1ccc(CS(=O)(=O)Cc2ccc(OC)cc2OC)c(OC)c1. The van der Waals surface area contributed by atoms with E-state index in [1.165, 1.54) is 14.2 Å². The summed E-state index contributed by atoms with van der Waals surface area (Å²) in [6, 6.07) is 10.1. The van der Waals surface area contributed by atoms with Crippen LogP contribution in [0.4, 0.5) is 0 Å². The van der Waals surface area contributed by atoms with Crippen LogP contribution in [0.5, 0.6) is 23.0 Å². The van der Waals surface area contributed by atoms with Crippen LogP contribution in [0.3, 0.4) is 0 Å². The molecule has 2 aromatic carbocycles. The number of sulfone groups is 1. The molecule has 0 radical (unpaired) electrons. The Labute approximate surface area is 148 Å². The summed E-state index contributed by atoms with van der Waals surface area (Å²) in [5.41, 5.74) is 1.16. The van der Waals surface area contributed by atoms with Crippen LogP contribution >= 0.6 is 0 Å². The van der Waals surface area contributed by atoms with Crippen LogP contribution in [0, 0.1) is 0 Å². The van der Waals surface area contributed by atoms with E-state index in [1.54, 1.807) is 50.6 Å². The quantitative estimate of drug-likeness (QED) is 0.715. The molecule has 0 aliphatic heterocycles. The summed E-state index contributed by atoms with van der Waals surface area (Å²) < 4.78 is 46.1. The third kappa shape index (κ3) is 4.79. The van der Waals surface area contributed by atoms with Gasteiger partial charge in [0.05, 0.1) is 39.9 Å². The van der Waals surface area contributed by atoms with Crippen molar-refractivity contribution in [2.75, 3.05) is 28.4 Å². The first kappa shape index (κ1) is 18.9. The van der Waals surface area contributed by atoms with Crippen LogP contribution in [0.1, 0.15) is 11.1 Å². The van der Waals surface area contributed by atoms with E-state index in [1.807, 2.05) is 0 Å². The van der Waals surface area contributed by atoms with Gasteiger partial charge >= 0.3 is 0 Å². The minimum atomic E-state index is -3.43. The average Bonchev–Trinajstić information content (AvgIpc) is 2.61. The molecule has 0 aliphatic rings. The normalized spacial score (nSPS) is 11.0. The maximum atomic E-state index is 12.6. The molecule has 6 nitrogen and oxygen atoms in total. The zero-order valence-electron chi connectivity index (χ0n) is 14.7. The monoisotopic (exact) mass is 366 g/mol. The zero-order valence-corrected chi connectivity index (χ0v) is 15.6. The fourth-order valence-corrected chi connectivity index (χ4v) is 3.99. The molecule has 0 N–H and O–H groups in total. The number of rotatable bonds is 8. The van der Waals surface area contributed by atoms with Gasteiger partial charge in [0.15, 0.2) is 9.84 Å². The van der Waals surface area contributed by atoms with Gasteiger partial charge in [-0.25, -0.2) is 8.42 Å². The summed E-state index contributed by atoms with van der Waals surface area (Å²) in [6.45, 7) is 0. The number of hydrogen-bond donors (Lipinski definition) is 0. The third-order valence-electron chi connectivity index (χ3n) is 3.74. The number of hydrogen-bond acceptors (Lipinski definition) is 6. The highest BCUT2D eigenvalue weighted by atomic mass is 32.2. The minimum Gasteiger partial charge on any atom is -0.497 e. The Kier molecular flexibility index (Phi) is 6.14. The summed E-state index contributed by atoms with van der Waals surface area (Å²) in [5.74, 6) is 1.88. The van der Waals surface area contributed by atoms with Gasteiger partial charge < -0.3 is 18.9 Å². The molecule has 0 heterocycles. The summed E-state index contributed by atoms with van der Waals surface area (Å²) in [7, 11) is 2.65. The molecular weight excluding hydrogens is 344 g/mol. The number of methoxy groups -OCH3 is 4. The molecule has 0 saturated heterocycles. The maximum Gasteiger partial charge on any atom is 0.158 e. The zero-order chi connectivity index (χ0) is 18.4. The van der Waals surface area contributed by atoms with Crippen molar-refractivity contribution in [3.05, 3.63) is 47.5 Å². The largest absolute Gasteiger partial charge is 0.497 e. The van der Waals surface area contributed by atoms with Crippen molar-refractivity contribution in [3.63, 3.8) is 0 Å². The lowest BCUT2D eigenvalue weighted by Crippen LogP contribution is -2.09. The number of ether oxygens (including phenoxy) is 4. The van der Waals surface area contributed by atoms with Crippen LogP contribution < -0.4 is 18.9 Å². The van der Waals surface area contributed by atoms with E-state index in [-0.39, 0.29) is 11.5 Å². The van der Waals surface area contributed by atoms with E-state index in [9.17, 15) is 8.42 Å². The van der Waals surface area contributed by atoms with Gasteiger partial charge in [-0.05, 0) is 12.1 Å². The molecule has 0 spiro atoms. The minimum absolute atomic E-state index is 0.144. The van der Waals surface area contributed by atoms with Gasteiger partial charge in [-0.3, -0.25) is 0 Å². The Bertz CT molecular complexity index is 766. The highest BCUT2D eigenvalue weighted by molar-refractivity contribution is 7.89. The standard InChI is InChI=1S/C18H22O6S/c1-21-15-7-5-13(17(9-15)23-3)11-25(19,20)12-14-6-8-16(22-2)10-18(14)24-4/h5-10H,11-12H2,1-4H3. The van der Waals surface area contributed by atoms with Crippen LogP contribution in [0.15, 0.2) is 36.4 Å². The van der Waals surface area contributed by atoms with Gasteiger partial charge in [-0.2, -0.15) is 0 Å². The molecule has 0 saturated carbocycles. The van der Waals surface area contributed by atoms with Crippen molar-refractivity contribution in [2.24, 2.45) is 0 Å². The fourth-order valence-electron chi connectivity index (χ4n) is 2.47. The van der Waals surface area contributed by atoms with Crippen molar-refractivity contribution in [2.45, 2.75) is 11.5 Å². The summed E-state index contributed by atoms with van der Waals surface area (Å²) in [5, 5.41) is 0. The van der Waals surface area contributed by atoms with Crippen molar-refractivity contribution in [3.8, 4) is 23.0 Å². The van der Waals surface area contributed by atoms with Crippen LogP contribution in [0.2, 0.25) is 0 Å². The van der Waals surface area contributed by atoms with Gasteiger partial charge in [0.2, 0.25) is 0 Å². The number of benzene rings is 2. The maximum absolute atomic E-state index is 12.6. The van der Waals surface area contributed by atoms with Crippen LogP contribution in [-0.2, 0) is 21.3 Å². The Morgan fingerprint density at radius 2 is 1.08 bits per heavy atom. The highest BCUT2D eigenvalue weighted by Gasteiger charge is 2.19. The van der Waals surface area contributed by atoms with Crippen molar-refractivity contribution in [1.29, 1.82) is 0 Å². The van der Waals surface area contributed by atoms with Gasteiger partial charge in [-0.1, -0.05) is 12.1 Å². The molecule has 0 aromatic heterocycles. The first-order valence-electron chi connectivity index (χ1n) is 7.54. The molecule has 25 heavy (non-hydrogen) atoms. The van der Waals surface area contributed by atoms with Crippen LogP contribution in [0.25, 0.3) is 0 Å². The molecule has 2 rings (SSSR count). The Balaban J connectivity index is 2.26. The average molecular weight is 366 g/mol. The lowest BCUT2D eigenvalue weighted by Gasteiger charge is -2.13. The third-order valence-corrected chi connectivity index (χ3v) is 5.24. The van der Waals surface area contributed by atoms with E-state index >= 15 is 0 Å². The highest BCUT2D eigenvalue weighted by Crippen LogP contribution is 2.30. The van der Waals surface area contributed by atoms with Crippen molar-refractivity contribution >= 4 is 9.84 Å². The van der Waals surface area contributed by atoms with Gasteiger partial charge in [-0.15, -0.1) is 0 Å². The second-order valence-corrected chi connectivity index (χ2v) is 7.45. The molecule has 0 fully saturated rings. The topological polar surface area (TPSA) is 71.1 Å². The predicted octanol–water partition coefficient (Wildman–Crippen LogP) is 2.84. The van der Waals surface area contributed by atoms with Gasteiger partial charge in [0, 0.05) is 23.3 Å². The molecule has 0 bridgehead atoms. The first-order valence-corrected chi connectivity index (χ1v) is 9.36. The van der Waals surface area contributed by atoms with E-state index in [0.717, 1.165) is 0 Å². The Morgan fingerprint density at radius 1 is 0.680 bits per heavy atom. The molecule has 2 aromatic rings. The molecule has 136 valence electrons. The summed E-state index contributed by atoms with van der Waals surface area (Å²) in [6.07, 6.45) is 0. The summed E-state index contributed by atoms with van der Waals surface area (Å²) >= 11 is 0. The van der Waals surface area contributed by atoms with E-state index in [0.29, 0.717) is 34.1 Å². The fraction of sp³-hybridized carbons (Fsp3) is 0.333. The first-order chi connectivity index (χ1) is 11.9. The Hall–Kier alpha value is -2.41. The second kappa shape index (κ2) is 8.11. The Morgan fingerprint density at radius 3 is 1.40 bits per heavy atom. The summed E-state index contributed by atoms with van der Waals surface area (Å²) in [4.78, 5) is 0. The molecule has 0 atom stereocenters. The predicted molar refractivity (Wildman–Crippen MR) is 95.4 cm³/mol.